The maximum atomic E-state index is 12.3. The zero-order valence-corrected chi connectivity index (χ0v) is 16.3. The number of aromatic nitrogens is 2. The highest BCUT2D eigenvalue weighted by atomic mass is 35.5. The summed E-state index contributed by atoms with van der Waals surface area (Å²) in [4.78, 5) is 21.7. The molecule has 0 unspecified atom stereocenters. The molecule has 7 heteroatoms. The van der Waals surface area contributed by atoms with E-state index in [1.165, 1.54) is 9.96 Å². The normalized spacial score (nSPS) is 16.1. The molecule has 140 valence electrons. The average Bonchev–Trinajstić information content (AvgIpc) is 2.64. The van der Waals surface area contributed by atoms with E-state index in [2.05, 4.69) is 20.9 Å². The summed E-state index contributed by atoms with van der Waals surface area (Å²) in [7, 11) is 0. The van der Waals surface area contributed by atoms with E-state index < -0.39 is 0 Å². The fourth-order valence-corrected chi connectivity index (χ4v) is 3.81. The second-order valence-corrected chi connectivity index (χ2v) is 7.72. The number of hydrogen-bond donors (Lipinski definition) is 0. The Hall–Kier alpha value is -1.92. The second kappa shape index (κ2) is 7.98. The van der Waals surface area contributed by atoms with Crippen LogP contribution >= 0.6 is 23.2 Å². The zero-order valence-electron chi connectivity index (χ0n) is 14.8. The van der Waals surface area contributed by atoms with Gasteiger partial charge in [-0.05, 0) is 29.8 Å². The van der Waals surface area contributed by atoms with Crippen molar-refractivity contribution in [1.82, 2.24) is 19.2 Å². The molecule has 27 heavy (non-hydrogen) atoms. The molecule has 2 aromatic heterocycles. The van der Waals surface area contributed by atoms with Gasteiger partial charge in [0.25, 0.3) is 5.56 Å². The average molecular weight is 403 g/mol. The molecule has 4 rings (SSSR count). The summed E-state index contributed by atoms with van der Waals surface area (Å²) in [5.41, 5.74) is 2.56. The van der Waals surface area contributed by atoms with Gasteiger partial charge in [-0.1, -0.05) is 35.3 Å². The molecule has 0 bridgehead atoms. The van der Waals surface area contributed by atoms with Crippen LogP contribution in [-0.4, -0.2) is 45.4 Å². The van der Waals surface area contributed by atoms with Crippen LogP contribution in [0.25, 0.3) is 5.65 Å². The molecule has 1 saturated heterocycles. The summed E-state index contributed by atoms with van der Waals surface area (Å²) >= 11 is 12.0. The Morgan fingerprint density at radius 3 is 2.37 bits per heavy atom. The quantitative estimate of drug-likeness (QED) is 0.670. The standard InChI is InChI=1S/C20H20Cl2N4O/c21-16-3-1-2-15(10-16)12-24-6-8-25(9-7-24)14-18-11-20(27)26-13-17(22)4-5-19(26)23-18/h1-5,10-11,13H,6-9,12,14H2. The van der Waals surface area contributed by atoms with Gasteiger partial charge in [0.2, 0.25) is 0 Å². The topological polar surface area (TPSA) is 40.9 Å². The van der Waals surface area contributed by atoms with E-state index in [1.807, 2.05) is 18.2 Å². The van der Waals surface area contributed by atoms with Crippen molar-refractivity contribution in [3.8, 4) is 0 Å². The van der Waals surface area contributed by atoms with Crippen molar-refractivity contribution in [2.75, 3.05) is 26.2 Å². The molecule has 5 nitrogen and oxygen atoms in total. The molecule has 0 aliphatic carbocycles. The Labute approximate surface area is 167 Å². The number of nitrogens with zero attached hydrogens (tertiary/aromatic N) is 4. The lowest BCUT2D eigenvalue weighted by atomic mass is 10.2. The fraction of sp³-hybridized carbons (Fsp3) is 0.300. The van der Waals surface area contributed by atoms with Gasteiger partial charge in [0.15, 0.2) is 0 Å². The van der Waals surface area contributed by atoms with Crippen LogP contribution in [0.15, 0.2) is 53.5 Å². The smallest absolute Gasteiger partial charge is 0.258 e. The van der Waals surface area contributed by atoms with Gasteiger partial charge in [-0.25, -0.2) is 4.98 Å². The molecule has 0 N–H and O–H groups in total. The molecule has 0 saturated carbocycles. The number of halogens is 2. The first-order valence-corrected chi connectivity index (χ1v) is 9.69. The van der Waals surface area contributed by atoms with Crippen LogP contribution in [0.2, 0.25) is 10.0 Å². The lowest BCUT2D eigenvalue weighted by Gasteiger charge is -2.34. The molecular weight excluding hydrogens is 383 g/mol. The first-order chi connectivity index (χ1) is 13.1. The molecule has 1 aliphatic heterocycles. The summed E-state index contributed by atoms with van der Waals surface area (Å²) < 4.78 is 1.48. The predicted molar refractivity (Wildman–Crippen MR) is 108 cm³/mol. The summed E-state index contributed by atoms with van der Waals surface area (Å²) in [6, 6.07) is 13.1. The van der Waals surface area contributed by atoms with Crippen LogP contribution in [-0.2, 0) is 13.1 Å². The third kappa shape index (κ3) is 4.50. The molecule has 3 heterocycles. The number of rotatable bonds is 4. The second-order valence-electron chi connectivity index (χ2n) is 6.84. The van der Waals surface area contributed by atoms with Gasteiger partial charge in [-0.3, -0.25) is 19.0 Å². The third-order valence-corrected chi connectivity index (χ3v) is 5.28. The van der Waals surface area contributed by atoms with Crippen LogP contribution in [0, 0.1) is 0 Å². The molecule has 0 radical (unpaired) electrons. The molecule has 0 spiro atoms. The fourth-order valence-electron chi connectivity index (χ4n) is 3.44. The Bertz CT molecular complexity index is 1010. The molecule has 0 atom stereocenters. The minimum absolute atomic E-state index is 0.0999. The Balaban J connectivity index is 1.38. The summed E-state index contributed by atoms with van der Waals surface area (Å²) in [6.45, 7) is 5.44. The third-order valence-electron chi connectivity index (χ3n) is 4.82. The van der Waals surface area contributed by atoms with E-state index >= 15 is 0 Å². The van der Waals surface area contributed by atoms with Gasteiger partial charge >= 0.3 is 0 Å². The monoisotopic (exact) mass is 402 g/mol. The minimum atomic E-state index is -0.0999. The highest BCUT2D eigenvalue weighted by Crippen LogP contribution is 2.15. The van der Waals surface area contributed by atoms with Gasteiger partial charge in [-0.15, -0.1) is 0 Å². The number of fused-ring (bicyclic) bond motifs is 1. The van der Waals surface area contributed by atoms with E-state index in [4.69, 9.17) is 23.2 Å². The van der Waals surface area contributed by atoms with Crippen molar-refractivity contribution in [1.29, 1.82) is 0 Å². The first-order valence-electron chi connectivity index (χ1n) is 8.94. The SMILES string of the molecule is O=c1cc(CN2CCN(Cc3cccc(Cl)c3)CC2)nc2ccc(Cl)cn12. The van der Waals surface area contributed by atoms with Gasteiger partial charge in [-0.2, -0.15) is 0 Å². The lowest BCUT2D eigenvalue weighted by molar-refractivity contribution is 0.121. The van der Waals surface area contributed by atoms with Gasteiger partial charge in [0, 0.05) is 56.6 Å². The number of pyridine rings is 1. The van der Waals surface area contributed by atoms with Crippen molar-refractivity contribution in [3.05, 3.63) is 80.3 Å². The maximum absolute atomic E-state index is 12.3. The van der Waals surface area contributed by atoms with Gasteiger partial charge < -0.3 is 0 Å². The summed E-state index contributed by atoms with van der Waals surface area (Å²) in [5.74, 6) is 0. The van der Waals surface area contributed by atoms with E-state index in [-0.39, 0.29) is 5.56 Å². The molecular formula is C20H20Cl2N4O. The molecule has 1 aromatic carbocycles. The van der Waals surface area contributed by atoms with Crippen LogP contribution in [0.3, 0.4) is 0 Å². The zero-order chi connectivity index (χ0) is 18.8. The van der Waals surface area contributed by atoms with E-state index in [9.17, 15) is 4.79 Å². The minimum Gasteiger partial charge on any atom is -0.297 e. The van der Waals surface area contributed by atoms with Crippen LogP contribution in [0.4, 0.5) is 0 Å². The van der Waals surface area contributed by atoms with Crippen molar-refractivity contribution in [3.63, 3.8) is 0 Å². The van der Waals surface area contributed by atoms with E-state index in [1.54, 1.807) is 24.4 Å². The van der Waals surface area contributed by atoms with E-state index in [0.29, 0.717) is 17.2 Å². The number of hydrogen-bond acceptors (Lipinski definition) is 4. The molecule has 1 fully saturated rings. The molecule has 0 amide bonds. The van der Waals surface area contributed by atoms with Crippen molar-refractivity contribution in [2.24, 2.45) is 0 Å². The lowest BCUT2D eigenvalue weighted by Crippen LogP contribution is -2.45. The maximum Gasteiger partial charge on any atom is 0.258 e. The summed E-state index contributed by atoms with van der Waals surface area (Å²) in [5, 5.41) is 1.30. The highest BCUT2D eigenvalue weighted by Gasteiger charge is 2.18. The van der Waals surface area contributed by atoms with Gasteiger partial charge in [0.05, 0.1) is 10.7 Å². The number of piperazine rings is 1. The highest BCUT2D eigenvalue weighted by molar-refractivity contribution is 6.30. The number of benzene rings is 1. The van der Waals surface area contributed by atoms with Crippen LogP contribution in [0.1, 0.15) is 11.3 Å². The molecule has 1 aliphatic rings. The first kappa shape index (κ1) is 18.4. The van der Waals surface area contributed by atoms with Crippen molar-refractivity contribution < 1.29 is 0 Å². The van der Waals surface area contributed by atoms with Crippen LogP contribution < -0.4 is 5.56 Å². The summed E-state index contributed by atoms with van der Waals surface area (Å²) in [6.07, 6.45) is 1.60. The van der Waals surface area contributed by atoms with Crippen LogP contribution in [0.5, 0.6) is 0 Å². The Kier molecular flexibility index (Phi) is 5.45. The van der Waals surface area contributed by atoms with Crippen molar-refractivity contribution >= 4 is 28.8 Å². The largest absolute Gasteiger partial charge is 0.297 e. The predicted octanol–water partition coefficient (Wildman–Crippen LogP) is 3.32. The van der Waals surface area contributed by atoms with Crippen molar-refractivity contribution in [2.45, 2.75) is 13.1 Å². The Morgan fingerprint density at radius 2 is 1.63 bits per heavy atom. The van der Waals surface area contributed by atoms with E-state index in [0.717, 1.165) is 43.4 Å². The molecule has 3 aromatic rings. The Morgan fingerprint density at radius 1 is 0.889 bits per heavy atom. The van der Waals surface area contributed by atoms with Gasteiger partial charge in [0.1, 0.15) is 5.65 Å².